The van der Waals surface area contributed by atoms with Crippen LogP contribution in [0.2, 0.25) is 0 Å². The molecule has 0 spiro atoms. The largest absolute Gasteiger partial charge is 1.00 e. The molecule has 0 radical (unpaired) electrons. The molecule has 0 atom stereocenters. The van der Waals surface area contributed by atoms with E-state index < -0.39 is 0 Å². The molecule has 0 aliphatic carbocycles. The molecule has 0 unspecified atom stereocenters. The molecule has 0 amide bonds. The number of para-hydroxylation sites is 1. The van der Waals surface area contributed by atoms with Crippen molar-refractivity contribution in [3.63, 3.8) is 0 Å². The summed E-state index contributed by atoms with van der Waals surface area (Å²) in [5, 5.41) is 10.0. The van der Waals surface area contributed by atoms with E-state index in [4.69, 9.17) is 0 Å². The number of aryl methyl sites for hydroxylation is 1. The average Bonchev–Trinajstić information content (AvgIpc) is 3.30. The summed E-state index contributed by atoms with van der Waals surface area (Å²) in [5.74, 6) is 0. The second-order valence-corrected chi connectivity index (χ2v) is 9.51. The van der Waals surface area contributed by atoms with Gasteiger partial charge in [0.15, 0.2) is 0 Å². The Morgan fingerprint density at radius 3 is 2.39 bits per heavy atom. The van der Waals surface area contributed by atoms with Crippen molar-refractivity contribution in [1.29, 1.82) is 0 Å². The summed E-state index contributed by atoms with van der Waals surface area (Å²) in [4.78, 5) is 6.78. The molecule has 0 saturated carbocycles. The number of hydrogen-bond acceptors (Lipinski definition) is 4. The normalized spacial score (nSPS) is 11.4. The molecule has 0 saturated heterocycles. The Labute approximate surface area is 218 Å². The Morgan fingerprint density at radius 1 is 0.909 bits per heavy atom. The molecule has 0 fully saturated rings. The number of fused-ring (bicyclic) bond motifs is 1. The minimum Gasteiger partial charge on any atom is -1.00 e. The zero-order valence-corrected chi connectivity index (χ0v) is 23.0. The molecular weight excluding hydrogens is 588 g/mol. The summed E-state index contributed by atoms with van der Waals surface area (Å²) >= 11 is 0.0645. The van der Waals surface area contributed by atoms with E-state index in [0.29, 0.717) is 0 Å². The molecule has 0 N–H and O–H groups in total. The van der Waals surface area contributed by atoms with E-state index in [-0.39, 0.29) is 38.5 Å². The zero-order valence-electron chi connectivity index (χ0n) is 19.1. The second-order valence-electron chi connectivity index (χ2n) is 7.33. The van der Waals surface area contributed by atoms with Gasteiger partial charge in [-0.05, 0) is 0 Å². The van der Waals surface area contributed by atoms with Crippen molar-refractivity contribution in [2.45, 2.75) is 27.3 Å². The van der Waals surface area contributed by atoms with Crippen LogP contribution in [-0.4, -0.2) is 32.6 Å². The standard InChI is InChI=1S/C26H28N5Se.HI/c1-4-30(5-2)22-15-12-21(13-16-22)28-29-26-27-19-24(32-26)18-17-23-14-11-20-9-7-8-10-25(20)31(23)6-3;/h7-19H,4-6H2,1-3H3;1H/q+1;/p-1. The van der Waals surface area contributed by atoms with E-state index in [0.717, 1.165) is 30.0 Å². The van der Waals surface area contributed by atoms with Crippen LogP contribution in [0.4, 0.5) is 16.1 Å². The maximum absolute atomic E-state index is 4.47. The molecule has 7 heteroatoms. The van der Waals surface area contributed by atoms with Crippen LogP contribution in [0.15, 0.2) is 77.1 Å². The minimum absolute atomic E-state index is 0. The third kappa shape index (κ3) is 6.16. The van der Waals surface area contributed by atoms with E-state index >= 15 is 0 Å². The van der Waals surface area contributed by atoms with Gasteiger partial charge in [0.05, 0.1) is 0 Å². The number of halogens is 1. The number of anilines is 1. The van der Waals surface area contributed by atoms with Crippen LogP contribution in [0.25, 0.3) is 23.1 Å². The number of benzene rings is 2. The van der Waals surface area contributed by atoms with Crippen LogP contribution < -0.4 is 33.4 Å². The topological polar surface area (TPSA) is 44.7 Å². The summed E-state index contributed by atoms with van der Waals surface area (Å²) in [7, 11) is 0. The van der Waals surface area contributed by atoms with Crippen LogP contribution in [-0.2, 0) is 6.54 Å². The third-order valence-corrected chi connectivity index (χ3v) is 7.22. The first-order valence-electron chi connectivity index (χ1n) is 11.0. The van der Waals surface area contributed by atoms with Gasteiger partial charge in [0.25, 0.3) is 0 Å². The number of nitrogens with zero attached hydrogens (tertiary/aromatic N) is 5. The molecular formula is C26H28IN5Se. The van der Waals surface area contributed by atoms with Crippen molar-refractivity contribution in [3.05, 3.63) is 77.0 Å². The van der Waals surface area contributed by atoms with Gasteiger partial charge in [-0.25, -0.2) is 0 Å². The van der Waals surface area contributed by atoms with Gasteiger partial charge in [-0.2, -0.15) is 0 Å². The molecule has 0 aliphatic rings. The summed E-state index contributed by atoms with van der Waals surface area (Å²) in [6.07, 6.45) is 6.23. The van der Waals surface area contributed by atoms with Crippen molar-refractivity contribution in [2.24, 2.45) is 10.2 Å². The first kappa shape index (κ1) is 25.3. The molecule has 4 aromatic rings. The third-order valence-electron chi connectivity index (χ3n) is 5.45. The van der Waals surface area contributed by atoms with E-state index in [1.54, 1.807) is 0 Å². The van der Waals surface area contributed by atoms with Gasteiger partial charge in [0, 0.05) is 0 Å². The van der Waals surface area contributed by atoms with Gasteiger partial charge < -0.3 is 24.0 Å². The first-order valence-corrected chi connectivity index (χ1v) is 12.7. The Morgan fingerprint density at radius 2 is 1.67 bits per heavy atom. The predicted octanol–water partition coefficient (Wildman–Crippen LogP) is 3.04. The fraction of sp³-hybridized carbons (Fsp3) is 0.231. The van der Waals surface area contributed by atoms with E-state index in [1.165, 1.54) is 26.7 Å². The number of pyridine rings is 1. The molecule has 4 rings (SSSR count). The van der Waals surface area contributed by atoms with Gasteiger partial charge in [-0.15, -0.1) is 0 Å². The van der Waals surface area contributed by atoms with Crippen molar-refractivity contribution in [2.75, 3.05) is 18.0 Å². The zero-order chi connectivity index (χ0) is 22.3. The molecule has 5 nitrogen and oxygen atoms in total. The van der Waals surface area contributed by atoms with Crippen LogP contribution in [0, 0.1) is 0 Å². The number of rotatable bonds is 8. The monoisotopic (exact) mass is 617 g/mol. The fourth-order valence-electron chi connectivity index (χ4n) is 3.76. The average molecular weight is 616 g/mol. The molecule has 33 heavy (non-hydrogen) atoms. The van der Waals surface area contributed by atoms with Gasteiger partial charge in [-0.1, -0.05) is 0 Å². The Kier molecular flexibility index (Phi) is 9.35. The summed E-state index contributed by atoms with van der Waals surface area (Å²) in [6.45, 7) is 9.43. The minimum atomic E-state index is 0. The molecule has 2 heterocycles. The first-order chi connectivity index (χ1) is 15.7. The van der Waals surface area contributed by atoms with Gasteiger partial charge in [-0.3, -0.25) is 0 Å². The van der Waals surface area contributed by atoms with Crippen molar-refractivity contribution < 1.29 is 28.5 Å². The maximum Gasteiger partial charge on any atom is -1.00 e. The summed E-state index contributed by atoms with van der Waals surface area (Å²) in [6, 6.07) is 21.1. The van der Waals surface area contributed by atoms with Crippen LogP contribution in [0.1, 0.15) is 30.9 Å². The smallest absolute Gasteiger partial charge is 1.00 e. The fourth-order valence-corrected chi connectivity index (χ4v) is 5.11. The molecule has 0 aliphatic heterocycles. The van der Waals surface area contributed by atoms with Gasteiger partial charge >= 0.3 is 196 Å². The van der Waals surface area contributed by atoms with Crippen LogP contribution >= 0.6 is 0 Å². The van der Waals surface area contributed by atoms with E-state index in [2.05, 4.69) is 106 Å². The SMILES string of the molecule is CCN(CC)c1ccc(N=Nc2ncc(/C=C/c3ccc4ccccc4[n+]3CC)[se]2)cc1.[I-]. The molecule has 2 aromatic carbocycles. The number of hydrogen-bond donors (Lipinski definition) is 0. The van der Waals surface area contributed by atoms with Gasteiger partial charge in [0.2, 0.25) is 0 Å². The molecule has 170 valence electrons. The van der Waals surface area contributed by atoms with E-state index in [1.807, 2.05) is 18.3 Å². The Balaban J connectivity index is 0.00000306. The summed E-state index contributed by atoms with van der Waals surface area (Å²) < 4.78 is 4.32. The number of azo groups is 1. The Bertz CT molecular complexity index is 1240. The Hall–Kier alpha value is -2.35. The molecule has 2 aromatic heterocycles. The quantitative estimate of drug-likeness (QED) is 0.132. The van der Waals surface area contributed by atoms with Crippen LogP contribution in [0.5, 0.6) is 0 Å². The van der Waals surface area contributed by atoms with Crippen molar-refractivity contribution in [3.8, 4) is 0 Å². The maximum atomic E-state index is 4.47. The molecule has 0 bridgehead atoms. The van der Waals surface area contributed by atoms with Gasteiger partial charge in [0.1, 0.15) is 0 Å². The second kappa shape index (κ2) is 12.2. The number of aromatic nitrogens is 2. The van der Waals surface area contributed by atoms with Crippen molar-refractivity contribution >= 4 is 53.6 Å². The van der Waals surface area contributed by atoms with Crippen molar-refractivity contribution in [1.82, 2.24) is 4.98 Å². The van der Waals surface area contributed by atoms with Crippen LogP contribution in [0.3, 0.4) is 0 Å². The summed E-state index contributed by atoms with van der Waals surface area (Å²) in [5.41, 5.74) is 4.50. The predicted molar refractivity (Wildman–Crippen MR) is 134 cm³/mol. The van der Waals surface area contributed by atoms with E-state index in [9.17, 15) is 0 Å².